The number of hydrogen-bond acceptors (Lipinski definition) is 4. The summed E-state index contributed by atoms with van der Waals surface area (Å²) in [5, 5.41) is 7.12. The van der Waals surface area contributed by atoms with E-state index in [-0.39, 0.29) is 11.5 Å². The Labute approximate surface area is 189 Å². The van der Waals surface area contributed by atoms with Crippen LogP contribution in [0.5, 0.6) is 0 Å². The predicted molar refractivity (Wildman–Crippen MR) is 115 cm³/mol. The zero-order valence-electron chi connectivity index (χ0n) is 18.5. The average molecular weight is 464 g/mol. The molecule has 0 bridgehead atoms. The standard InChI is InChI=1S/C21H26N4O.C2HF3O2/c1-3-10-25-17-6-4-9-22-19(17)24-11-5-7-18(24)21(25)8-12-23(14-21)20(26)16-13-15(16)2;3-2(4,5)1(6)7/h4-7,9,11,15-16H,3,8,10,12-14H2,1-2H3;(H,6,7). The van der Waals surface area contributed by atoms with Crippen LogP contribution in [0.4, 0.5) is 18.9 Å². The van der Waals surface area contributed by atoms with E-state index in [1.807, 2.05) is 12.3 Å². The van der Waals surface area contributed by atoms with Crippen LogP contribution < -0.4 is 4.90 Å². The van der Waals surface area contributed by atoms with Gasteiger partial charge in [-0.3, -0.25) is 4.79 Å². The number of likely N-dealkylation sites (tertiary alicyclic amines) is 1. The molecule has 33 heavy (non-hydrogen) atoms. The van der Waals surface area contributed by atoms with Crippen molar-refractivity contribution < 1.29 is 27.9 Å². The Bertz CT molecular complexity index is 1050. The van der Waals surface area contributed by atoms with Crippen molar-refractivity contribution in [1.82, 2.24) is 14.5 Å². The van der Waals surface area contributed by atoms with Gasteiger partial charge in [-0.15, -0.1) is 0 Å². The first kappa shape index (κ1) is 23.1. The summed E-state index contributed by atoms with van der Waals surface area (Å²) in [5.41, 5.74) is 2.33. The highest BCUT2D eigenvalue weighted by Gasteiger charge is 2.52. The minimum Gasteiger partial charge on any atom is -0.475 e. The normalized spacial score (nSPS) is 25.2. The highest BCUT2D eigenvalue weighted by molar-refractivity contribution is 5.82. The fourth-order valence-electron chi connectivity index (χ4n) is 4.97. The number of rotatable bonds is 3. The zero-order chi connectivity index (χ0) is 24.0. The molecule has 1 saturated heterocycles. The van der Waals surface area contributed by atoms with Gasteiger partial charge in [0.15, 0.2) is 5.82 Å². The number of nitrogens with zero attached hydrogens (tertiary/aromatic N) is 4. The van der Waals surface area contributed by atoms with E-state index in [0.717, 1.165) is 44.7 Å². The fourth-order valence-corrected chi connectivity index (χ4v) is 4.97. The summed E-state index contributed by atoms with van der Waals surface area (Å²) in [6.45, 7) is 7.02. The van der Waals surface area contributed by atoms with E-state index in [1.165, 1.54) is 11.4 Å². The van der Waals surface area contributed by atoms with Gasteiger partial charge in [0, 0.05) is 37.9 Å². The first-order valence-electron chi connectivity index (χ1n) is 11.1. The molecule has 4 heterocycles. The second kappa shape index (κ2) is 8.39. The summed E-state index contributed by atoms with van der Waals surface area (Å²) < 4.78 is 34.0. The molecule has 3 atom stereocenters. The molecule has 2 aliphatic heterocycles. The van der Waals surface area contributed by atoms with Gasteiger partial charge in [-0.1, -0.05) is 13.8 Å². The number of carbonyl (C=O) groups is 2. The number of pyridine rings is 1. The van der Waals surface area contributed by atoms with Crippen molar-refractivity contribution in [3.05, 3.63) is 42.4 Å². The smallest absolute Gasteiger partial charge is 0.475 e. The van der Waals surface area contributed by atoms with Gasteiger partial charge >= 0.3 is 12.1 Å². The highest BCUT2D eigenvalue weighted by Crippen LogP contribution is 2.48. The summed E-state index contributed by atoms with van der Waals surface area (Å²) in [7, 11) is 0. The van der Waals surface area contributed by atoms with Gasteiger partial charge in [-0.2, -0.15) is 13.2 Å². The summed E-state index contributed by atoms with van der Waals surface area (Å²) >= 11 is 0. The van der Waals surface area contributed by atoms with Gasteiger partial charge in [0.05, 0.1) is 11.4 Å². The molecule has 1 saturated carbocycles. The first-order chi connectivity index (χ1) is 15.6. The molecule has 7 nitrogen and oxygen atoms in total. The summed E-state index contributed by atoms with van der Waals surface area (Å²) in [6, 6.07) is 8.52. The van der Waals surface area contributed by atoms with Crippen LogP contribution in [0.1, 0.15) is 38.8 Å². The number of fused-ring (bicyclic) bond motifs is 4. The molecule has 2 aromatic heterocycles. The Balaban J connectivity index is 0.000000325. The number of halogens is 3. The van der Waals surface area contributed by atoms with Crippen molar-refractivity contribution in [2.24, 2.45) is 11.8 Å². The van der Waals surface area contributed by atoms with Crippen molar-refractivity contribution in [2.75, 3.05) is 24.5 Å². The molecule has 0 aromatic carbocycles. The van der Waals surface area contributed by atoms with Crippen LogP contribution in [0.25, 0.3) is 5.82 Å². The van der Waals surface area contributed by atoms with Crippen LogP contribution in [0.2, 0.25) is 0 Å². The minimum atomic E-state index is -5.08. The lowest BCUT2D eigenvalue weighted by atomic mass is 9.88. The van der Waals surface area contributed by atoms with E-state index in [0.29, 0.717) is 11.8 Å². The third-order valence-corrected chi connectivity index (χ3v) is 6.70. The number of alkyl halides is 3. The highest BCUT2D eigenvalue weighted by atomic mass is 19.4. The zero-order valence-corrected chi connectivity index (χ0v) is 18.5. The van der Waals surface area contributed by atoms with Crippen LogP contribution >= 0.6 is 0 Å². The largest absolute Gasteiger partial charge is 0.490 e. The van der Waals surface area contributed by atoms with Crippen molar-refractivity contribution in [1.29, 1.82) is 0 Å². The molecule has 10 heteroatoms. The van der Waals surface area contributed by atoms with Gasteiger partial charge in [-0.05, 0) is 49.4 Å². The molecule has 5 rings (SSSR count). The van der Waals surface area contributed by atoms with Gasteiger partial charge < -0.3 is 19.5 Å². The van der Waals surface area contributed by atoms with E-state index < -0.39 is 12.1 Å². The average Bonchev–Trinajstić information content (AvgIpc) is 3.17. The molecule has 0 radical (unpaired) electrons. The van der Waals surface area contributed by atoms with Crippen LogP contribution in [0, 0.1) is 11.8 Å². The maximum atomic E-state index is 12.9. The molecule has 1 spiro atoms. The van der Waals surface area contributed by atoms with Crippen molar-refractivity contribution in [2.45, 2.75) is 44.8 Å². The second-order valence-corrected chi connectivity index (χ2v) is 8.92. The van der Waals surface area contributed by atoms with E-state index in [1.54, 1.807) is 0 Å². The Morgan fingerprint density at radius 2 is 1.97 bits per heavy atom. The Kier molecular flexibility index (Phi) is 5.88. The number of carboxylic acids is 1. The topological polar surface area (TPSA) is 78.7 Å². The molecule has 1 aliphatic carbocycles. The Morgan fingerprint density at radius 1 is 1.27 bits per heavy atom. The molecule has 1 N–H and O–H groups in total. The summed E-state index contributed by atoms with van der Waals surface area (Å²) in [6.07, 6.45) is 2.01. The first-order valence-corrected chi connectivity index (χ1v) is 11.1. The van der Waals surface area contributed by atoms with Gasteiger partial charge in [0.25, 0.3) is 0 Å². The molecule has 2 fully saturated rings. The summed E-state index contributed by atoms with van der Waals surface area (Å²) in [5.74, 6) is -0.569. The lowest BCUT2D eigenvalue weighted by Gasteiger charge is -2.47. The lowest BCUT2D eigenvalue weighted by molar-refractivity contribution is -0.192. The SMILES string of the molecule is CCCN1c2cccnc2-n2cccc2C12CCN(C(=O)C1CC1C)C2.O=C(O)C(F)(F)F. The molecular weight excluding hydrogens is 437 g/mol. The molecular formula is C23H27F3N4O3. The maximum absolute atomic E-state index is 12.9. The van der Waals surface area contributed by atoms with Gasteiger partial charge in [-0.25, -0.2) is 9.78 Å². The molecule has 1 amide bonds. The van der Waals surface area contributed by atoms with Crippen LogP contribution in [0.3, 0.4) is 0 Å². The number of carboxylic acid groups (broad SMARTS) is 1. The fraction of sp³-hybridized carbons (Fsp3) is 0.522. The van der Waals surface area contributed by atoms with E-state index in [4.69, 9.17) is 9.90 Å². The second-order valence-electron chi connectivity index (χ2n) is 8.92. The van der Waals surface area contributed by atoms with Crippen LogP contribution in [0.15, 0.2) is 36.7 Å². The Hall–Kier alpha value is -3.04. The van der Waals surface area contributed by atoms with Crippen molar-refractivity contribution in [3.63, 3.8) is 0 Å². The number of aliphatic carboxylic acids is 1. The van der Waals surface area contributed by atoms with Crippen molar-refractivity contribution in [3.8, 4) is 5.82 Å². The molecule has 3 unspecified atom stereocenters. The van der Waals surface area contributed by atoms with Crippen molar-refractivity contribution >= 4 is 17.6 Å². The van der Waals surface area contributed by atoms with Crippen LogP contribution in [-0.2, 0) is 15.1 Å². The third-order valence-electron chi connectivity index (χ3n) is 6.70. The number of amides is 1. The molecule has 2 aromatic rings. The minimum absolute atomic E-state index is 0.136. The predicted octanol–water partition coefficient (Wildman–Crippen LogP) is 3.82. The number of carbonyl (C=O) groups excluding carboxylic acids is 1. The third kappa shape index (κ3) is 4.06. The molecule has 178 valence electrons. The lowest BCUT2D eigenvalue weighted by Crippen LogP contribution is -2.53. The van der Waals surface area contributed by atoms with E-state index in [2.05, 4.69) is 57.6 Å². The quantitative estimate of drug-likeness (QED) is 0.747. The number of hydrogen-bond donors (Lipinski definition) is 1. The van der Waals surface area contributed by atoms with E-state index in [9.17, 15) is 18.0 Å². The molecule has 3 aliphatic rings. The van der Waals surface area contributed by atoms with Crippen LogP contribution in [-0.4, -0.2) is 57.2 Å². The van der Waals surface area contributed by atoms with Gasteiger partial charge in [0.1, 0.15) is 5.54 Å². The maximum Gasteiger partial charge on any atom is 0.490 e. The monoisotopic (exact) mass is 464 g/mol. The van der Waals surface area contributed by atoms with E-state index >= 15 is 0 Å². The number of aromatic nitrogens is 2. The summed E-state index contributed by atoms with van der Waals surface area (Å²) in [4.78, 5) is 31.1. The Morgan fingerprint density at radius 3 is 2.58 bits per heavy atom. The van der Waals surface area contributed by atoms with Gasteiger partial charge in [0.2, 0.25) is 5.91 Å². The number of anilines is 1.